The van der Waals surface area contributed by atoms with Crippen LogP contribution in [0.5, 0.6) is 0 Å². The van der Waals surface area contributed by atoms with Gasteiger partial charge in [0.05, 0.1) is 4.90 Å². The number of carbonyl (C=O) groups excluding carboxylic acids is 1. The molecule has 0 aliphatic carbocycles. The molecule has 0 aromatic heterocycles. The largest absolute Gasteiger partial charge is 0.481 e. The zero-order chi connectivity index (χ0) is 19.0. The van der Waals surface area contributed by atoms with E-state index in [0.29, 0.717) is 43.6 Å². The zero-order valence-electron chi connectivity index (χ0n) is 14.9. The first kappa shape index (κ1) is 21.1. The topological polar surface area (TPSA) is 104 Å². The molecule has 0 fully saturated rings. The number of carboxylic acid groups (broad SMARTS) is 1. The molecule has 0 aliphatic rings. The molecule has 0 aliphatic heterocycles. The number of rotatable bonds is 10. The van der Waals surface area contributed by atoms with Crippen molar-refractivity contribution in [2.75, 3.05) is 19.6 Å². The highest BCUT2D eigenvalue weighted by Crippen LogP contribution is 2.19. The summed E-state index contributed by atoms with van der Waals surface area (Å²) < 4.78 is 26.5. The molecule has 0 atom stereocenters. The number of amides is 1. The summed E-state index contributed by atoms with van der Waals surface area (Å²) >= 11 is 0. The van der Waals surface area contributed by atoms with Crippen LogP contribution in [0.2, 0.25) is 0 Å². The fourth-order valence-corrected chi connectivity index (χ4v) is 3.90. The smallest absolute Gasteiger partial charge is 0.303 e. The summed E-state index contributed by atoms with van der Waals surface area (Å²) in [4.78, 5) is 22.9. The van der Waals surface area contributed by atoms with Gasteiger partial charge in [0.15, 0.2) is 0 Å². The van der Waals surface area contributed by atoms with Crippen molar-refractivity contribution in [3.63, 3.8) is 0 Å². The lowest BCUT2D eigenvalue weighted by atomic mass is 10.1. The predicted octanol–water partition coefficient (Wildman–Crippen LogP) is 2.01. The number of nitrogens with one attached hydrogen (secondary N) is 1. The first-order chi connectivity index (χ1) is 11.7. The van der Waals surface area contributed by atoms with Crippen LogP contribution in [0.15, 0.2) is 23.1 Å². The number of hydrogen-bond donors (Lipinski definition) is 2. The Hall–Kier alpha value is -1.93. The second-order valence-electron chi connectivity index (χ2n) is 5.67. The lowest BCUT2D eigenvalue weighted by Gasteiger charge is -2.19. The van der Waals surface area contributed by atoms with E-state index in [1.165, 1.54) is 16.4 Å². The summed E-state index contributed by atoms with van der Waals surface area (Å²) in [6.07, 6.45) is 1.09. The van der Waals surface area contributed by atoms with Crippen LogP contribution in [-0.4, -0.2) is 49.3 Å². The van der Waals surface area contributed by atoms with Crippen LogP contribution >= 0.6 is 0 Å². The quantitative estimate of drug-likeness (QED) is 0.613. The minimum absolute atomic E-state index is 0.0620. The predicted molar refractivity (Wildman–Crippen MR) is 95.1 cm³/mol. The van der Waals surface area contributed by atoms with E-state index >= 15 is 0 Å². The van der Waals surface area contributed by atoms with Crippen LogP contribution in [0.25, 0.3) is 0 Å². The molecule has 2 N–H and O–H groups in total. The molecule has 25 heavy (non-hydrogen) atoms. The monoisotopic (exact) mass is 370 g/mol. The molecule has 1 aromatic rings. The van der Waals surface area contributed by atoms with Crippen LogP contribution in [0.4, 0.5) is 0 Å². The minimum Gasteiger partial charge on any atom is -0.481 e. The first-order valence-electron chi connectivity index (χ1n) is 8.34. The highest BCUT2D eigenvalue weighted by Gasteiger charge is 2.23. The number of hydrogen-bond acceptors (Lipinski definition) is 4. The first-order valence-corrected chi connectivity index (χ1v) is 9.78. The van der Waals surface area contributed by atoms with Crippen molar-refractivity contribution in [1.82, 2.24) is 9.62 Å². The maximum absolute atomic E-state index is 12.6. The van der Waals surface area contributed by atoms with Gasteiger partial charge in [0.1, 0.15) is 0 Å². The molecule has 1 rings (SSSR count). The summed E-state index contributed by atoms with van der Waals surface area (Å²) in [6, 6.07) is 4.53. The van der Waals surface area contributed by atoms with E-state index in [1.807, 2.05) is 0 Å². The van der Waals surface area contributed by atoms with Crippen molar-refractivity contribution in [2.45, 2.75) is 44.9 Å². The van der Waals surface area contributed by atoms with Gasteiger partial charge in [-0.05, 0) is 37.5 Å². The van der Waals surface area contributed by atoms with Crippen LogP contribution < -0.4 is 5.32 Å². The number of carbonyl (C=O) groups is 2. The summed E-state index contributed by atoms with van der Waals surface area (Å²) in [6.45, 7) is 6.33. The van der Waals surface area contributed by atoms with E-state index < -0.39 is 16.0 Å². The van der Waals surface area contributed by atoms with E-state index in [9.17, 15) is 18.0 Å². The molecule has 0 saturated carbocycles. The Bertz CT molecular complexity index is 712. The zero-order valence-corrected chi connectivity index (χ0v) is 15.7. The number of benzene rings is 1. The summed E-state index contributed by atoms with van der Waals surface area (Å²) in [5.41, 5.74) is 0.994. The molecule has 0 bridgehead atoms. The van der Waals surface area contributed by atoms with Crippen LogP contribution in [-0.2, 0) is 14.8 Å². The van der Waals surface area contributed by atoms with Crippen molar-refractivity contribution in [3.05, 3.63) is 29.3 Å². The molecular weight excluding hydrogens is 344 g/mol. The molecule has 0 heterocycles. The SMILES string of the molecule is CCN(CC)S(=O)(=O)c1ccc(C)c(C(=O)NCCCCC(=O)O)c1. The number of carboxylic acids is 1. The summed E-state index contributed by atoms with van der Waals surface area (Å²) in [7, 11) is -3.62. The maximum Gasteiger partial charge on any atom is 0.303 e. The molecule has 0 spiro atoms. The van der Waals surface area contributed by atoms with Crippen LogP contribution in [0.3, 0.4) is 0 Å². The number of unbranched alkanes of at least 4 members (excludes halogenated alkanes) is 1. The average molecular weight is 370 g/mol. The lowest BCUT2D eigenvalue weighted by Crippen LogP contribution is -2.31. The third-order valence-electron chi connectivity index (χ3n) is 3.90. The Labute approximate surface area is 149 Å². The molecule has 140 valence electrons. The van der Waals surface area contributed by atoms with Gasteiger partial charge in [0.2, 0.25) is 10.0 Å². The molecule has 7 nitrogen and oxygen atoms in total. The van der Waals surface area contributed by atoms with Gasteiger partial charge in [0, 0.05) is 31.6 Å². The van der Waals surface area contributed by atoms with Gasteiger partial charge in [-0.2, -0.15) is 4.31 Å². The Balaban J connectivity index is 2.87. The fourth-order valence-electron chi connectivity index (χ4n) is 2.42. The lowest BCUT2D eigenvalue weighted by molar-refractivity contribution is -0.137. The highest BCUT2D eigenvalue weighted by atomic mass is 32.2. The molecular formula is C17H26N2O5S. The Morgan fingerprint density at radius 3 is 2.36 bits per heavy atom. The number of sulfonamides is 1. The average Bonchev–Trinajstić information content (AvgIpc) is 2.55. The van der Waals surface area contributed by atoms with E-state index in [1.54, 1.807) is 26.8 Å². The van der Waals surface area contributed by atoms with E-state index in [2.05, 4.69) is 5.32 Å². The van der Waals surface area contributed by atoms with Gasteiger partial charge in [-0.25, -0.2) is 8.42 Å². The van der Waals surface area contributed by atoms with Gasteiger partial charge < -0.3 is 10.4 Å². The molecule has 8 heteroatoms. The second-order valence-corrected chi connectivity index (χ2v) is 7.61. The molecule has 0 saturated heterocycles. The van der Waals surface area contributed by atoms with Gasteiger partial charge in [-0.15, -0.1) is 0 Å². The second kappa shape index (κ2) is 9.53. The van der Waals surface area contributed by atoms with Crippen molar-refractivity contribution in [1.29, 1.82) is 0 Å². The van der Waals surface area contributed by atoms with Gasteiger partial charge in [0.25, 0.3) is 5.91 Å². The third-order valence-corrected chi connectivity index (χ3v) is 5.95. The minimum atomic E-state index is -3.62. The molecule has 0 radical (unpaired) electrons. The normalized spacial score (nSPS) is 11.5. The Kier molecular flexibility index (Phi) is 8.05. The fraction of sp³-hybridized carbons (Fsp3) is 0.529. The number of aryl methyl sites for hydroxylation is 1. The van der Waals surface area contributed by atoms with E-state index in [-0.39, 0.29) is 17.2 Å². The number of nitrogens with zero attached hydrogens (tertiary/aromatic N) is 1. The van der Waals surface area contributed by atoms with Crippen molar-refractivity contribution in [3.8, 4) is 0 Å². The molecule has 1 amide bonds. The third kappa shape index (κ3) is 5.82. The van der Waals surface area contributed by atoms with E-state index in [4.69, 9.17) is 5.11 Å². The van der Waals surface area contributed by atoms with Gasteiger partial charge in [-0.3, -0.25) is 9.59 Å². The van der Waals surface area contributed by atoms with E-state index in [0.717, 1.165) is 0 Å². The molecule has 1 aromatic carbocycles. The van der Waals surface area contributed by atoms with Crippen LogP contribution in [0.1, 0.15) is 49.0 Å². The van der Waals surface area contributed by atoms with Crippen molar-refractivity contribution in [2.24, 2.45) is 0 Å². The standard InChI is InChI=1S/C17H26N2O5S/c1-4-19(5-2)25(23,24)14-10-9-13(3)15(12-14)17(22)18-11-7-6-8-16(20)21/h9-10,12H,4-8,11H2,1-3H3,(H,18,22)(H,20,21). The Morgan fingerprint density at radius 2 is 1.80 bits per heavy atom. The number of aliphatic carboxylic acids is 1. The van der Waals surface area contributed by atoms with Gasteiger partial charge in [-0.1, -0.05) is 19.9 Å². The Morgan fingerprint density at radius 1 is 1.16 bits per heavy atom. The van der Waals surface area contributed by atoms with Crippen LogP contribution in [0, 0.1) is 6.92 Å². The molecule has 0 unspecified atom stereocenters. The van der Waals surface area contributed by atoms with Crippen molar-refractivity contribution >= 4 is 21.9 Å². The highest BCUT2D eigenvalue weighted by molar-refractivity contribution is 7.89. The summed E-state index contributed by atoms with van der Waals surface area (Å²) in [5, 5.41) is 11.3. The maximum atomic E-state index is 12.6. The summed E-state index contributed by atoms with van der Waals surface area (Å²) in [5.74, 6) is -1.22. The van der Waals surface area contributed by atoms with Crippen molar-refractivity contribution < 1.29 is 23.1 Å². The van der Waals surface area contributed by atoms with Gasteiger partial charge >= 0.3 is 5.97 Å².